The van der Waals surface area contributed by atoms with Gasteiger partial charge in [0, 0.05) is 18.9 Å². The van der Waals surface area contributed by atoms with Crippen molar-refractivity contribution >= 4 is 17.5 Å². The summed E-state index contributed by atoms with van der Waals surface area (Å²) in [7, 11) is 0. The SMILES string of the molecule is CCN(CC(=O)O)C(=O)c1cn2ccccc2n1. The van der Waals surface area contributed by atoms with Gasteiger partial charge in [-0.3, -0.25) is 9.59 Å². The van der Waals surface area contributed by atoms with Crippen LogP contribution in [0.5, 0.6) is 0 Å². The topological polar surface area (TPSA) is 74.9 Å². The molecule has 1 amide bonds. The highest BCUT2D eigenvalue weighted by molar-refractivity contribution is 5.94. The number of nitrogens with zero attached hydrogens (tertiary/aromatic N) is 3. The Labute approximate surface area is 103 Å². The summed E-state index contributed by atoms with van der Waals surface area (Å²) in [6, 6.07) is 5.44. The standard InChI is InChI=1S/C12H13N3O3/c1-2-14(8-11(16)17)12(18)9-7-15-6-4-3-5-10(15)13-9/h3-7H,2,8H2,1H3,(H,16,17). The Morgan fingerprint density at radius 3 is 2.83 bits per heavy atom. The van der Waals surface area contributed by atoms with Crippen molar-refractivity contribution in [2.24, 2.45) is 0 Å². The van der Waals surface area contributed by atoms with Gasteiger partial charge in [-0.1, -0.05) is 6.07 Å². The van der Waals surface area contributed by atoms with Crippen LogP contribution in [0.4, 0.5) is 0 Å². The predicted molar refractivity (Wildman–Crippen MR) is 64.4 cm³/mol. The Kier molecular flexibility index (Phi) is 3.27. The van der Waals surface area contributed by atoms with Gasteiger partial charge in [-0.25, -0.2) is 4.98 Å². The molecule has 0 aliphatic carbocycles. The van der Waals surface area contributed by atoms with Gasteiger partial charge in [0.1, 0.15) is 17.9 Å². The van der Waals surface area contributed by atoms with Gasteiger partial charge in [0.05, 0.1) is 0 Å². The lowest BCUT2D eigenvalue weighted by atomic mass is 10.3. The van der Waals surface area contributed by atoms with E-state index in [0.29, 0.717) is 12.2 Å². The van der Waals surface area contributed by atoms with Crippen LogP contribution in [-0.4, -0.2) is 44.4 Å². The number of hydrogen-bond donors (Lipinski definition) is 1. The minimum absolute atomic E-state index is 0.254. The van der Waals surface area contributed by atoms with Gasteiger partial charge >= 0.3 is 5.97 Å². The number of pyridine rings is 1. The van der Waals surface area contributed by atoms with Gasteiger partial charge in [0.2, 0.25) is 0 Å². The van der Waals surface area contributed by atoms with Crippen LogP contribution in [-0.2, 0) is 4.79 Å². The third-order valence-electron chi connectivity index (χ3n) is 2.58. The van der Waals surface area contributed by atoms with Gasteiger partial charge in [0.15, 0.2) is 0 Å². The monoisotopic (exact) mass is 247 g/mol. The van der Waals surface area contributed by atoms with Crippen molar-refractivity contribution in [2.45, 2.75) is 6.92 Å². The summed E-state index contributed by atoms with van der Waals surface area (Å²) in [5, 5.41) is 8.73. The Hall–Kier alpha value is -2.37. The number of carbonyl (C=O) groups excluding carboxylic acids is 1. The highest BCUT2D eigenvalue weighted by Gasteiger charge is 2.19. The molecular formula is C12H13N3O3. The third-order valence-corrected chi connectivity index (χ3v) is 2.58. The third kappa shape index (κ3) is 2.32. The molecule has 0 atom stereocenters. The van der Waals surface area contributed by atoms with Gasteiger partial charge in [0.25, 0.3) is 5.91 Å². The van der Waals surface area contributed by atoms with Crippen LogP contribution in [0.25, 0.3) is 5.65 Å². The van der Waals surface area contributed by atoms with Crippen LogP contribution < -0.4 is 0 Å². The highest BCUT2D eigenvalue weighted by Crippen LogP contribution is 2.07. The number of aromatic nitrogens is 2. The molecule has 6 nitrogen and oxygen atoms in total. The summed E-state index contributed by atoms with van der Waals surface area (Å²) in [6.45, 7) is 1.75. The largest absolute Gasteiger partial charge is 0.480 e. The first-order chi connectivity index (χ1) is 8.61. The molecule has 0 bridgehead atoms. The van der Waals surface area contributed by atoms with E-state index in [1.54, 1.807) is 29.8 Å². The molecule has 0 spiro atoms. The number of fused-ring (bicyclic) bond motifs is 1. The van der Waals surface area contributed by atoms with E-state index in [0.717, 1.165) is 0 Å². The lowest BCUT2D eigenvalue weighted by molar-refractivity contribution is -0.137. The molecule has 0 aliphatic rings. The van der Waals surface area contributed by atoms with Gasteiger partial charge in [-0.2, -0.15) is 0 Å². The number of likely N-dealkylation sites (N-methyl/N-ethyl adjacent to an activating group) is 1. The quantitative estimate of drug-likeness (QED) is 0.870. The number of aliphatic carboxylic acids is 1. The lowest BCUT2D eigenvalue weighted by Gasteiger charge is -2.16. The molecule has 0 unspecified atom stereocenters. The normalized spacial score (nSPS) is 10.5. The summed E-state index contributed by atoms with van der Waals surface area (Å²) >= 11 is 0. The predicted octanol–water partition coefficient (Wildman–Crippen LogP) is 0.881. The first-order valence-corrected chi connectivity index (χ1v) is 5.56. The van der Waals surface area contributed by atoms with E-state index in [9.17, 15) is 9.59 Å². The molecule has 2 rings (SSSR count). The van der Waals surface area contributed by atoms with Crippen LogP contribution in [0.3, 0.4) is 0 Å². The molecule has 0 saturated heterocycles. The minimum Gasteiger partial charge on any atom is -0.480 e. The van der Waals surface area contributed by atoms with Crippen molar-refractivity contribution in [1.29, 1.82) is 0 Å². The number of carboxylic acid groups (broad SMARTS) is 1. The summed E-state index contributed by atoms with van der Waals surface area (Å²) in [4.78, 5) is 28.1. The van der Waals surface area contributed by atoms with E-state index in [1.165, 1.54) is 4.90 Å². The molecular weight excluding hydrogens is 234 g/mol. The summed E-state index contributed by atoms with van der Waals surface area (Å²) < 4.78 is 1.72. The zero-order chi connectivity index (χ0) is 13.1. The maximum atomic E-state index is 12.1. The Morgan fingerprint density at radius 2 is 2.22 bits per heavy atom. The van der Waals surface area contributed by atoms with Crippen molar-refractivity contribution in [3.8, 4) is 0 Å². The molecule has 1 N–H and O–H groups in total. The average Bonchev–Trinajstić information content (AvgIpc) is 2.78. The summed E-state index contributed by atoms with van der Waals surface area (Å²) in [5.74, 6) is -1.41. The number of carboxylic acids is 1. The van der Waals surface area contributed by atoms with Crippen LogP contribution in [0, 0.1) is 0 Å². The molecule has 0 radical (unpaired) electrons. The Morgan fingerprint density at radius 1 is 1.44 bits per heavy atom. The summed E-state index contributed by atoms with van der Waals surface area (Å²) in [6.07, 6.45) is 3.38. The molecule has 0 saturated carbocycles. The second-order valence-electron chi connectivity index (χ2n) is 3.81. The molecule has 18 heavy (non-hydrogen) atoms. The van der Waals surface area contributed by atoms with E-state index in [1.807, 2.05) is 12.1 Å². The van der Waals surface area contributed by atoms with E-state index in [4.69, 9.17) is 5.11 Å². The first-order valence-electron chi connectivity index (χ1n) is 5.56. The van der Waals surface area contributed by atoms with Crippen molar-refractivity contribution in [3.05, 3.63) is 36.3 Å². The molecule has 6 heteroatoms. The fourth-order valence-electron chi connectivity index (χ4n) is 1.69. The van der Waals surface area contributed by atoms with E-state index in [-0.39, 0.29) is 18.1 Å². The van der Waals surface area contributed by atoms with Crippen molar-refractivity contribution in [1.82, 2.24) is 14.3 Å². The molecule has 2 aromatic rings. The van der Waals surface area contributed by atoms with Crippen LogP contribution >= 0.6 is 0 Å². The van der Waals surface area contributed by atoms with Crippen LogP contribution in [0.1, 0.15) is 17.4 Å². The second kappa shape index (κ2) is 4.87. The molecule has 0 aliphatic heterocycles. The average molecular weight is 247 g/mol. The Balaban J connectivity index is 2.29. The smallest absolute Gasteiger partial charge is 0.323 e. The van der Waals surface area contributed by atoms with Gasteiger partial charge in [-0.05, 0) is 19.1 Å². The van der Waals surface area contributed by atoms with E-state index >= 15 is 0 Å². The van der Waals surface area contributed by atoms with E-state index in [2.05, 4.69) is 4.98 Å². The highest BCUT2D eigenvalue weighted by atomic mass is 16.4. The fraction of sp³-hybridized carbons (Fsp3) is 0.250. The van der Waals surface area contributed by atoms with Gasteiger partial charge in [-0.15, -0.1) is 0 Å². The van der Waals surface area contributed by atoms with Crippen LogP contribution in [0.15, 0.2) is 30.6 Å². The number of imidazole rings is 1. The molecule has 2 aromatic heterocycles. The maximum Gasteiger partial charge on any atom is 0.323 e. The number of carbonyl (C=O) groups is 2. The Bertz CT molecular complexity index is 558. The number of hydrogen-bond acceptors (Lipinski definition) is 3. The second-order valence-corrected chi connectivity index (χ2v) is 3.81. The van der Waals surface area contributed by atoms with Crippen molar-refractivity contribution in [2.75, 3.05) is 13.1 Å². The lowest BCUT2D eigenvalue weighted by Crippen LogP contribution is -2.35. The molecule has 0 aromatic carbocycles. The molecule has 94 valence electrons. The minimum atomic E-state index is -1.03. The van der Waals surface area contributed by atoms with Crippen molar-refractivity contribution in [3.63, 3.8) is 0 Å². The molecule has 2 heterocycles. The summed E-state index contributed by atoms with van der Waals surface area (Å²) in [5.41, 5.74) is 0.913. The number of amides is 1. The number of rotatable bonds is 4. The van der Waals surface area contributed by atoms with E-state index < -0.39 is 5.97 Å². The molecule has 0 fully saturated rings. The van der Waals surface area contributed by atoms with Crippen molar-refractivity contribution < 1.29 is 14.7 Å². The fourth-order valence-corrected chi connectivity index (χ4v) is 1.69. The zero-order valence-corrected chi connectivity index (χ0v) is 9.91. The first kappa shape index (κ1) is 12.1. The zero-order valence-electron chi connectivity index (χ0n) is 9.91. The maximum absolute atomic E-state index is 12.1. The van der Waals surface area contributed by atoms with Crippen LogP contribution in [0.2, 0.25) is 0 Å². The van der Waals surface area contributed by atoms with Gasteiger partial charge < -0.3 is 14.4 Å².